The summed E-state index contributed by atoms with van der Waals surface area (Å²) in [6.07, 6.45) is 0. The summed E-state index contributed by atoms with van der Waals surface area (Å²) >= 11 is 1.87. The number of nitriles is 2. The first-order chi connectivity index (χ1) is 15.8. The number of halogens is 3. The highest BCUT2D eigenvalue weighted by Crippen LogP contribution is 2.30. The average molecular weight is 552 g/mol. The van der Waals surface area contributed by atoms with Gasteiger partial charge in [-0.3, -0.25) is 0 Å². The van der Waals surface area contributed by atoms with E-state index in [1.165, 1.54) is 18.2 Å². The van der Waals surface area contributed by atoms with E-state index in [-0.39, 0.29) is 11.5 Å². The van der Waals surface area contributed by atoms with Crippen molar-refractivity contribution in [3.8, 4) is 45.9 Å². The van der Waals surface area contributed by atoms with Crippen LogP contribution in [0.2, 0.25) is 0 Å². The number of nitrogens with zero attached hydrogens (tertiary/aromatic N) is 2. The minimum atomic E-state index is -0.651. The molecule has 4 nitrogen and oxygen atoms in total. The maximum Gasteiger partial charge on any atom is 0.166 e. The molecular weight excluding hydrogens is 537 g/mol. The van der Waals surface area contributed by atoms with Crippen molar-refractivity contribution in [2.75, 3.05) is 0 Å². The maximum atomic E-state index is 13.4. The number of phenols is 2. The van der Waals surface area contributed by atoms with E-state index in [1.807, 2.05) is 34.7 Å². The number of aromatic hydroxyl groups is 2. The van der Waals surface area contributed by atoms with Crippen molar-refractivity contribution in [1.82, 2.24) is 0 Å². The van der Waals surface area contributed by atoms with Crippen molar-refractivity contribution in [3.63, 3.8) is 0 Å². The van der Waals surface area contributed by atoms with Crippen LogP contribution in [-0.2, 0) is 0 Å². The molecule has 0 aliphatic rings. The first-order valence-electron chi connectivity index (χ1n) is 9.50. The van der Waals surface area contributed by atoms with Gasteiger partial charge in [-0.15, -0.1) is 0 Å². The Hall–Kier alpha value is -3.95. The van der Waals surface area contributed by atoms with Gasteiger partial charge < -0.3 is 10.2 Å². The van der Waals surface area contributed by atoms with Crippen LogP contribution < -0.4 is 0 Å². The summed E-state index contributed by atoms with van der Waals surface area (Å²) < 4.78 is 26.9. The highest BCUT2D eigenvalue weighted by Gasteiger charge is 2.09. The highest BCUT2D eigenvalue weighted by molar-refractivity contribution is 14.1. The third-order valence-electron chi connectivity index (χ3n) is 4.66. The van der Waals surface area contributed by atoms with Crippen LogP contribution in [0.15, 0.2) is 78.9 Å². The van der Waals surface area contributed by atoms with Gasteiger partial charge in [0.15, 0.2) is 23.1 Å². The molecule has 0 aliphatic carbocycles. The van der Waals surface area contributed by atoms with Gasteiger partial charge in [0.1, 0.15) is 0 Å². The van der Waals surface area contributed by atoms with Gasteiger partial charge in [-0.1, -0.05) is 30.3 Å². The second kappa shape index (κ2) is 10.6. The molecule has 0 bridgehead atoms. The molecule has 2 N–H and O–H groups in total. The first kappa shape index (κ1) is 23.7. The number of rotatable bonds is 2. The van der Waals surface area contributed by atoms with Gasteiger partial charge >= 0.3 is 0 Å². The topological polar surface area (TPSA) is 88.0 Å². The fraction of sp³-hybridized carbons (Fsp3) is 0. The molecule has 7 heteroatoms. The molecule has 0 saturated heterocycles. The Morgan fingerprint density at radius 3 is 1.52 bits per heavy atom. The Morgan fingerprint density at radius 2 is 1.06 bits per heavy atom. The normalized spacial score (nSPS) is 9.85. The van der Waals surface area contributed by atoms with E-state index >= 15 is 0 Å². The van der Waals surface area contributed by atoms with Gasteiger partial charge in [0.2, 0.25) is 0 Å². The second-order valence-corrected chi connectivity index (χ2v) is 8.00. The molecule has 0 aliphatic heterocycles. The van der Waals surface area contributed by atoms with E-state index in [0.717, 1.165) is 11.1 Å². The van der Waals surface area contributed by atoms with Crippen LogP contribution in [0.5, 0.6) is 11.5 Å². The average Bonchev–Trinajstić information content (AvgIpc) is 2.84. The van der Waals surface area contributed by atoms with E-state index in [1.54, 1.807) is 60.7 Å². The standard InChI is InChI=1S/C13H7FINO.C13H8FNO/c14-11-5-10(6-12(15)13(11)17)9-3-1-8(7-16)2-4-9;14-12-7-11(5-6-13(12)16)10-3-1-9(8-15)2-4-10/h1-6,17H;1-7,16H. The maximum absolute atomic E-state index is 13.4. The SMILES string of the molecule is N#Cc1ccc(-c2cc(F)c(O)c(I)c2)cc1.N#Cc1ccc(-c2ccc(O)c(F)c2)cc1. The summed E-state index contributed by atoms with van der Waals surface area (Å²) in [5.74, 6) is -1.99. The van der Waals surface area contributed by atoms with Crippen molar-refractivity contribution in [1.29, 1.82) is 10.5 Å². The van der Waals surface area contributed by atoms with E-state index < -0.39 is 11.6 Å². The molecule has 0 amide bonds. The third-order valence-corrected chi connectivity index (χ3v) is 5.48. The smallest absolute Gasteiger partial charge is 0.166 e. The summed E-state index contributed by atoms with van der Waals surface area (Å²) in [4.78, 5) is 0. The van der Waals surface area contributed by atoms with Crippen molar-refractivity contribution in [2.24, 2.45) is 0 Å². The van der Waals surface area contributed by atoms with Gasteiger partial charge in [-0.25, -0.2) is 8.78 Å². The molecule has 4 aromatic carbocycles. The zero-order valence-corrected chi connectivity index (χ0v) is 19.1. The van der Waals surface area contributed by atoms with Crippen LogP contribution in [0, 0.1) is 37.9 Å². The van der Waals surface area contributed by atoms with Crippen LogP contribution in [0.4, 0.5) is 8.78 Å². The molecule has 0 radical (unpaired) electrons. The lowest BCUT2D eigenvalue weighted by Gasteiger charge is -2.05. The van der Waals surface area contributed by atoms with E-state index in [9.17, 15) is 13.9 Å². The number of hydrogen-bond acceptors (Lipinski definition) is 4. The van der Waals surface area contributed by atoms with Crippen LogP contribution in [0.1, 0.15) is 11.1 Å². The molecule has 0 spiro atoms. The number of benzene rings is 4. The highest BCUT2D eigenvalue weighted by atomic mass is 127. The van der Waals surface area contributed by atoms with Crippen molar-refractivity contribution in [2.45, 2.75) is 0 Å². The monoisotopic (exact) mass is 552 g/mol. The Morgan fingerprint density at radius 1 is 0.606 bits per heavy atom. The predicted octanol–water partition coefficient (Wildman–Crippen LogP) is 6.74. The summed E-state index contributed by atoms with van der Waals surface area (Å²) in [7, 11) is 0. The Kier molecular flexibility index (Phi) is 7.60. The van der Waals surface area contributed by atoms with Crippen LogP contribution >= 0.6 is 22.6 Å². The molecule has 0 heterocycles. The van der Waals surface area contributed by atoms with Crippen molar-refractivity contribution >= 4 is 22.6 Å². The molecule has 0 fully saturated rings. The minimum Gasteiger partial charge on any atom is -0.505 e. The molecule has 0 unspecified atom stereocenters. The lowest BCUT2D eigenvalue weighted by atomic mass is 10.0. The van der Waals surface area contributed by atoms with Gasteiger partial charge in [-0.2, -0.15) is 10.5 Å². The Labute approximate surface area is 202 Å². The van der Waals surface area contributed by atoms with Crippen LogP contribution in [-0.4, -0.2) is 10.2 Å². The summed E-state index contributed by atoms with van der Waals surface area (Å²) in [5.41, 5.74) is 4.07. The summed E-state index contributed by atoms with van der Waals surface area (Å²) in [6, 6.07) is 24.9. The zero-order chi connectivity index (χ0) is 24.0. The lowest BCUT2D eigenvalue weighted by molar-refractivity contribution is 0.429. The molecule has 4 aromatic rings. The molecular formula is C26H15F2IN2O2. The van der Waals surface area contributed by atoms with Gasteiger partial charge in [0, 0.05) is 0 Å². The quantitative estimate of drug-likeness (QED) is 0.270. The molecule has 33 heavy (non-hydrogen) atoms. The predicted molar refractivity (Wildman–Crippen MR) is 129 cm³/mol. The first-order valence-corrected chi connectivity index (χ1v) is 10.6. The van der Waals surface area contributed by atoms with Crippen molar-refractivity contribution in [3.05, 3.63) is 105 Å². The summed E-state index contributed by atoms with van der Waals surface area (Å²) in [5, 5.41) is 35.7. The Balaban J connectivity index is 0.000000186. The zero-order valence-electron chi connectivity index (χ0n) is 16.9. The van der Waals surface area contributed by atoms with E-state index in [4.69, 9.17) is 15.6 Å². The summed E-state index contributed by atoms with van der Waals surface area (Å²) in [6.45, 7) is 0. The van der Waals surface area contributed by atoms with Crippen molar-refractivity contribution < 1.29 is 19.0 Å². The van der Waals surface area contributed by atoms with E-state index in [0.29, 0.717) is 25.8 Å². The molecule has 0 atom stereocenters. The largest absolute Gasteiger partial charge is 0.505 e. The Bertz CT molecular complexity index is 1350. The fourth-order valence-electron chi connectivity index (χ4n) is 2.89. The minimum absolute atomic E-state index is 0.331. The fourth-order valence-corrected chi connectivity index (χ4v) is 3.49. The van der Waals surface area contributed by atoms with Gasteiger partial charge in [-0.05, 0) is 93.4 Å². The van der Waals surface area contributed by atoms with Crippen LogP contribution in [0.3, 0.4) is 0 Å². The third kappa shape index (κ3) is 5.85. The molecule has 0 saturated carbocycles. The molecule has 4 rings (SSSR count). The molecule has 162 valence electrons. The lowest BCUT2D eigenvalue weighted by Crippen LogP contribution is -1.85. The number of phenolic OH excluding ortho intramolecular Hbond substituents is 2. The van der Waals surface area contributed by atoms with Gasteiger partial charge in [0.05, 0.1) is 26.8 Å². The van der Waals surface area contributed by atoms with Crippen LogP contribution in [0.25, 0.3) is 22.3 Å². The van der Waals surface area contributed by atoms with E-state index in [2.05, 4.69) is 0 Å². The number of hydrogen-bond donors (Lipinski definition) is 2. The van der Waals surface area contributed by atoms with Gasteiger partial charge in [0.25, 0.3) is 0 Å². The second-order valence-electron chi connectivity index (χ2n) is 6.83. The molecule has 0 aromatic heterocycles.